The third-order valence-electron chi connectivity index (χ3n) is 2.90. The molecule has 1 aromatic rings. The summed E-state index contributed by atoms with van der Waals surface area (Å²) in [6, 6.07) is 8.73. The maximum absolute atomic E-state index is 11.6. The first-order valence-electron chi connectivity index (χ1n) is 7.26. The molecule has 0 heterocycles. The van der Waals surface area contributed by atoms with Gasteiger partial charge in [0.15, 0.2) is 0 Å². The van der Waals surface area contributed by atoms with Crippen LogP contribution < -0.4 is 0 Å². The van der Waals surface area contributed by atoms with E-state index in [2.05, 4.69) is 20.8 Å². The Kier molecular flexibility index (Phi) is 6.92. The van der Waals surface area contributed by atoms with Gasteiger partial charge in [-0.3, -0.25) is 4.79 Å². The van der Waals surface area contributed by atoms with Crippen LogP contribution >= 0.6 is 0 Å². The lowest BCUT2D eigenvalue weighted by Gasteiger charge is -2.17. The zero-order valence-electron chi connectivity index (χ0n) is 13.1. The van der Waals surface area contributed by atoms with Crippen LogP contribution in [0, 0.1) is 5.41 Å². The van der Waals surface area contributed by atoms with Gasteiger partial charge >= 0.3 is 11.9 Å². The van der Waals surface area contributed by atoms with Gasteiger partial charge in [0.25, 0.3) is 0 Å². The smallest absolute Gasteiger partial charge is 0.338 e. The number of rotatable bonds is 7. The zero-order chi connectivity index (χ0) is 15.7. The molecule has 0 spiro atoms. The average molecular weight is 292 g/mol. The van der Waals surface area contributed by atoms with E-state index in [0.717, 1.165) is 12.8 Å². The number of esters is 2. The van der Waals surface area contributed by atoms with Gasteiger partial charge in [0, 0.05) is 6.42 Å². The predicted molar refractivity (Wildman–Crippen MR) is 81.0 cm³/mol. The van der Waals surface area contributed by atoms with E-state index in [0.29, 0.717) is 12.0 Å². The van der Waals surface area contributed by atoms with Gasteiger partial charge in [0.1, 0.15) is 13.2 Å². The summed E-state index contributed by atoms with van der Waals surface area (Å²) < 4.78 is 10.0. The fraction of sp³-hybridized carbons (Fsp3) is 0.529. The number of carbonyl (C=O) groups excluding carboxylic acids is 2. The highest BCUT2D eigenvalue weighted by Crippen LogP contribution is 2.21. The highest BCUT2D eigenvalue weighted by atomic mass is 16.6. The van der Waals surface area contributed by atoms with E-state index in [4.69, 9.17) is 9.47 Å². The minimum atomic E-state index is -0.403. The number of carbonyl (C=O) groups is 2. The zero-order valence-corrected chi connectivity index (χ0v) is 13.1. The summed E-state index contributed by atoms with van der Waals surface area (Å²) in [7, 11) is 0. The second-order valence-corrected chi connectivity index (χ2v) is 6.14. The van der Waals surface area contributed by atoms with Crippen molar-refractivity contribution in [2.24, 2.45) is 5.41 Å². The van der Waals surface area contributed by atoms with E-state index in [1.807, 2.05) is 6.07 Å². The Labute approximate surface area is 126 Å². The highest BCUT2D eigenvalue weighted by Gasteiger charge is 2.12. The molecule has 0 saturated heterocycles. The number of hydrogen-bond donors (Lipinski definition) is 0. The Morgan fingerprint density at radius 1 is 1.00 bits per heavy atom. The van der Waals surface area contributed by atoms with Gasteiger partial charge in [-0.15, -0.1) is 0 Å². The lowest BCUT2D eigenvalue weighted by Crippen LogP contribution is -2.14. The van der Waals surface area contributed by atoms with Crippen LogP contribution in [0.2, 0.25) is 0 Å². The SMILES string of the molecule is CC(C)(C)CCCC(=O)OCCOC(=O)c1ccccc1. The topological polar surface area (TPSA) is 52.6 Å². The molecule has 4 nitrogen and oxygen atoms in total. The normalized spacial score (nSPS) is 11.0. The molecular weight excluding hydrogens is 268 g/mol. The van der Waals surface area contributed by atoms with Crippen molar-refractivity contribution in [3.05, 3.63) is 35.9 Å². The Bertz CT molecular complexity index is 446. The van der Waals surface area contributed by atoms with Crippen LogP contribution in [0.3, 0.4) is 0 Å². The van der Waals surface area contributed by atoms with Crippen LogP contribution in [0.15, 0.2) is 30.3 Å². The minimum Gasteiger partial charge on any atom is -0.462 e. The second-order valence-electron chi connectivity index (χ2n) is 6.14. The number of benzene rings is 1. The standard InChI is InChI=1S/C17H24O4/c1-17(2,3)11-7-10-15(18)20-12-13-21-16(19)14-8-5-4-6-9-14/h4-6,8-9H,7,10-13H2,1-3H3. The third kappa shape index (κ3) is 8.12. The summed E-state index contributed by atoms with van der Waals surface area (Å²) in [6.45, 7) is 6.61. The summed E-state index contributed by atoms with van der Waals surface area (Å²) in [5.74, 6) is -0.644. The molecule has 0 aromatic heterocycles. The van der Waals surface area contributed by atoms with Crippen LogP contribution in [0.1, 0.15) is 50.4 Å². The summed E-state index contributed by atoms with van der Waals surface area (Å²) in [4.78, 5) is 23.1. The minimum absolute atomic E-state index is 0.0821. The predicted octanol–water partition coefficient (Wildman–Crippen LogP) is 3.60. The largest absolute Gasteiger partial charge is 0.462 e. The molecule has 0 bridgehead atoms. The molecule has 0 aliphatic rings. The lowest BCUT2D eigenvalue weighted by atomic mass is 9.90. The van der Waals surface area contributed by atoms with Crippen LogP contribution in [-0.4, -0.2) is 25.2 Å². The van der Waals surface area contributed by atoms with Gasteiger partial charge in [-0.05, 0) is 30.4 Å². The molecule has 1 aromatic carbocycles. The van der Waals surface area contributed by atoms with Gasteiger partial charge in [0.05, 0.1) is 5.56 Å². The van der Waals surface area contributed by atoms with Gasteiger partial charge in [0.2, 0.25) is 0 Å². The molecule has 0 N–H and O–H groups in total. The molecule has 0 atom stereocenters. The van der Waals surface area contributed by atoms with Crippen molar-refractivity contribution in [1.82, 2.24) is 0 Å². The van der Waals surface area contributed by atoms with Crippen LogP contribution in [0.5, 0.6) is 0 Å². The molecule has 116 valence electrons. The van der Waals surface area contributed by atoms with Crippen molar-refractivity contribution in [2.45, 2.75) is 40.0 Å². The average Bonchev–Trinajstić information content (AvgIpc) is 2.43. The first kappa shape index (κ1) is 17.2. The van der Waals surface area contributed by atoms with Crippen molar-refractivity contribution >= 4 is 11.9 Å². The fourth-order valence-corrected chi connectivity index (χ4v) is 1.78. The Balaban J connectivity index is 2.11. The van der Waals surface area contributed by atoms with Crippen molar-refractivity contribution < 1.29 is 19.1 Å². The highest BCUT2D eigenvalue weighted by molar-refractivity contribution is 5.89. The van der Waals surface area contributed by atoms with Crippen molar-refractivity contribution in [2.75, 3.05) is 13.2 Å². The first-order valence-corrected chi connectivity index (χ1v) is 7.26. The third-order valence-corrected chi connectivity index (χ3v) is 2.90. The monoisotopic (exact) mass is 292 g/mol. The molecule has 0 aliphatic carbocycles. The van der Waals surface area contributed by atoms with E-state index in [1.54, 1.807) is 24.3 Å². The molecule has 4 heteroatoms. The maximum atomic E-state index is 11.6. The molecule has 0 aliphatic heterocycles. The Morgan fingerprint density at radius 2 is 1.62 bits per heavy atom. The number of ether oxygens (including phenoxy) is 2. The summed E-state index contributed by atoms with van der Waals surface area (Å²) >= 11 is 0. The van der Waals surface area contributed by atoms with Gasteiger partial charge in [-0.25, -0.2) is 4.79 Å². The van der Waals surface area contributed by atoms with Crippen LogP contribution in [-0.2, 0) is 14.3 Å². The summed E-state index contributed by atoms with van der Waals surface area (Å²) in [5.41, 5.74) is 0.722. The Morgan fingerprint density at radius 3 is 2.24 bits per heavy atom. The van der Waals surface area contributed by atoms with Crippen LogP contribution in [0.25, 0.3) is 0 Å². The molecule has 0 amide bonds. The quantitative estimate of drug-likeness (QED) is 0.569. The molecule has 0 radical (unpaired) electrons. The van der Waals surface area contributed by atoms with Gasteiger partial charge < -0.3 is 9.47 Å². The molecule has 21 heavy (non-hydrogen) atoms. The number of hydrogen-bond acceptors (Lipinski definition) is 4. The van der Waals surface area contributed by atoms with Crippen molar-refractivity contribution in [1.29, 1.82) is 0 Å². The molecular formula is C17H24O4. The summed E-state index contributed by atoms with van der Waals surface area (Å²) in [5, 5.41) is 0. The van der Waals surface area contributed by atoms with E-state index < -0.39 is 5.97 Å². The molecule has 0 saturated carbocycles. The lowest BCUT2D eigenvalue weighted by molar-refractivity contribution is -0.144. The van der Waals surface area contributed by atoms with E-state index >= 15 is 0 Å². The van der Waals surface area contributed by atoms with Crippen molar-refractivity contribution in [3.8, 4) is 0 Å². The fourth-order valence-electron chi connectivity index (χ4n) is 1.78. The van der Waals surface area contributed by atoms with Crippen molar-refractivity contribution in [3.63, 3.8) is 0 Å². The molecule has 0 unspecified atom stereocenters. The maximum Gasteiger partial charge on any atom is 0.338 e. The van der Waals surface area contributed by atoms with Gasteiger partial charge in [-0.1, -0.05) is 39.0 Å². The summed E-state index contributed by atoms with van der Waals surface area (Å²) in [6.07, 6.45) is 2.20. The molecule has 0 fully saturated rings. The van der Waals surface area contributed by atoms with E-state index in [9.17, 15) is 9.59 Å². The second kappa shape index (κ2) is 8.45. The van der Waals surface area contributed by atoms with E-state index in [-0.39, 0.29) is 24.6 Å². The Hall–Kier alpha value is -1.84. The van der Waals surface area contributed by atoms with Gasteiger partial charge in [-0.2, -0.15) is 0 Å². The van der Waals surface area contributed by atoms with Crippen LogP contribution in [0.4, 0.5) is 0 Å². The van der Waals surface area contributed by atoms with E-state index in [1.165, 1.54) is 0 Å². The first-order chi connectivity index (χ1) is 9.88. The molecule has 1 rings (SSSR count).